The number of thiophene rings is 1. The van der Waals surface area contributed by atoms with E-state index < -0.39 is 0 Å². The molecular formula is C13H19N3OS. The topological polar surface area (TPSA) is 53.1 Å². The summed E-state index contributed by atoms with van der Waals surface area (Å²) in [5, 5.41) is 6.43. The predicted octanol–water partition coefficient (Wildman–Crippen LogP) is 2.89. The second-order valence-corrected chi connectivity index (χ2v) is 5.53. The number of ether oxygens (including phenoxy) is 1. The Hall–Kier alpha value is -1.33. The van der Waals surface area contributed by atoms with Crippen LogP contribution in [-0.4, -0.2) is 16.9 Å². The predicted molar refractivity (Wildman–Crippen MR) is 74.3 cm³/mol. The molecule has 0 amide bonds. The molecular weight excluding hydrogens is 246 g/mol. The molecule has 0 saturated carbocycles. The van der Waals surface area contributed by atoms with E-state index in [1.165, 1.54) is 5.56 Å². The summed E-state index contributed by atoms with van der Waals surface area (Å²) in [7, 11) is 1.65. The van der Waals surface area contributed by atoms with Gasteiger partial charge in [-0.15, -0.1) is 11.3 Å². The lowest BCUT2D eigenvalue weighted by Gasteiger charge is -2.17. The molecule has 2 aromatic rings. The van der Waals surface area contributed by atoms with E-state index >= 15 is 0 Å². The summed E-state index contributed by atoms with van der Waals surface area (Å²) in [6.45, 7) is 6.25. The van der Waals surface area contributed by atoms with Gasteiger partial charge in [0.15, 0.2) is 5.75 Å². The monoisotopic (exact) mass is 265 g/mol. The molecule has 0 aliphatic heterocycles. The third kappa shape index (κ3) is 2.15. The summed E-state index contributed by atoms with van der Waals surface area (Å²) in [6.07, 6.45) is 1.73. The average molecular weight is 265 g/mol. The van der Waals surface area contributed by atoms with Gasteiger partial charge in [-0.25, -0.2) is 0 Å². The molecule has 5 heteroatoms. The Bertz CT molecular complexity index is 530. The van der Waals surface area contributed by atoms with Gasteiger partial charge in [0.05, 0.1) is 19.3 Å². The van der Waals surface area contributed by atoms with E-state index in [1.807, 2.05) is 4.68 Å². The Balaban J connectivity index is 2.49. The smallest absolute Gasteiger partial charge is 0.161 e. The maximum atomic E-state index is 6.39. The lowest BCUT2D eigenvalue weighted by atomic mass is 10.1. The molecule has 1 atom stereocenters. The second kappa shape index (κ2) is 5.12. The van der Waals surface area contributed by atoms with Gasteiger partial charge in [-0.3, -0.25) is 4.68 Å². The summed E-state index contributed by atoms with van der Waals surface area (Å²) in [5.41, 5.74) is 8.55. The quantitative estimate of drug-likeness (QED) is 0.924. The Morgan fingerprint density at radius 3 is 2.67 bits per heavy atom. The van der Waals surface area contributed by atoms with Crippen LogP contribution in [0.15, 0.2) is 17.6 Å². The fraction of sp³-hybridized carbons (Fsp3) is 0.462. The molecule has 98 valence electrons. The first-order chi connectivity index (χ1) is 8.56. The molecule has 2 rings (SSSR count). The number of hydrogen-bond donors (Lipinski definition) is 1. The van der Waals surface area contributed by atoms with E-state index in [4.69, 9.17) is 10.5 Å². The molecule has 2 N–H and O–H groups in total. The van der Waals surface area contributed by atoms with Gasteiger partial charge in [0, 0.05) is 10.9 Å². The van der Waals surface area contributed by atoms with Gasteiger partial charge >= 0.3 is 0 Å². The van der Waals surface area contributed by atoms with Crippen molar-refractivity contribution in [1.82, 2.24) is 9.78 Å². The number of aryl methyl sites for hydroxylation is 1. The first kappa shape index (κ1) is 13.1. The van der Waals surface area contributed by atoms with Crippen molar-refractivity contribution in [2.75, 3.05) is 7.11 Å². The Morgan fingerprint density at radius 1 is 1.44 bits per heavy atom. The van der Waals surface area contributed by atoms with Crippen molar-refractivity contribution in [1.29, 1.82) is 0 Å². The van der Waals surface area contributed by atoms with Crippen molar-refractivity contribution in [3.63, 3.8) is 0 Å². The number of aromatic nitrogens is 2. The lowest BCUT2D eigenvalue weighted by Crippen LogP contribution is -2.19. The molecule has 0 bridgehead atoms. The van der Waals surface area contributed by atoms with E-state index in [1.54, 1.807) is 24.6 Å². The normalized spacial score (nSPS) is 13.0. The summed E-state index contributed by atoms with van der Waals surface area (Å²) >= 11 is 1.67. The van der Waals surface area contributed by atoms with E-state index in [-0.39, 0.29) is 12.1 Å². The highest BCUT2D eigenvalue weighted by Crippen LogP contribution is 2.33. The van der Waals surface area contributed by atoms with Gasteiger partial charge < -0.3 is 10.5 Å². The average Bonchev–Trinajstić information content (AvgIpc) is 2.93. The van der Waals surface area contributed by atoms with Gasteiger partial charge in [-0.1, -0.05) is 0 Å². The largest absolute Gasteiger partial charge is 0.493 e. The molecule has 18 heavy (non-hydrogen) atoms. The Morgan fingerprint density at radius 2 is 2.17 bits per heavy atom. The highest BCUT2D eigenvalue weighted by atomic mass is 32.1. The number of methoxy groups -OCH3 is 1. The Kier molecular flexibility index (Phi) is 3.73. The molecule has 0 aliphatic rings. The minimum absolute atomic E-state index is 0.190. The fourth-order valence-electron chi connectivity index (χ4n) is 2.05. The SMILES string of the molecule is COc1cnn(C(C)C)c1C(N)c1sccc1C. The van der Waals surface area contributed by atoms with Crippen molar-refractivity contribution in [3.8, 4) is 5.75 Å². The van der Waals surface area contributed by atoms with Crippen LogP contribution < -0.4 is 10.5 Å². The molecule has 4 nitrogen and oxygen atoms in total. The molecule has 0 aliphatic carbocycles. The first-order valence-electron chi connectivity index (χ1n) is 5.97. The summed E-state index contributed by atoms with van der Waals surface area (Å²) < 4.78 is 7.31. The van der Waals surface area contributed by atoms with Gasteiger partial charge in [0.25, 0.3) is 0 Å². The standard InChI is InChI=1S/C13H19N3OS/c1-8(2)16-12(10(17-4)7-15-16)11(14)13-9(3)5-6-18-13/h5-8,11H,14H2,1-4H3. The molecule has 0 spiro atoms. The third-order valence-electron chi connectivity index (χ3n) is 2.99. The zero-order chi connectivity index (χ0) is 13.3. The minimum Gasteiger partial charge on any atom is -0.493 e. The maximum Gasteiger partial charge on any atom is 0.161 e. The van der Waals surface area contributed by atoms with E-state index in [0.29, 0.717) is 0 Å². The van der Waals surface area contributed by atoms with Crippen molar-refractivity contribution >= 4 is 11.3 Å². The van der Waals surface area contributed by atoms with Crippen LogP contribution in [0.2, 0.25) is 0 Å². The van der Waals surface area contributed by atoms with Crippen molar-refractivity contribution in [2.24, 2.45) is 5.73 Å². The highest BCUT2D eigenvalue weighted by Gasteiger charge is 2.23. The van der Waals surface area contributed by atoms with Gasteiger partial charge in [-0.05, 0) is 37.8 Å². The zero-order valence-electron chi connectivity index (χ0n) is 11.2. The molecule has 0 aromatic carbocycles. The number of nitrogens with two attached hydrogens (primary N) is 1. The van der Waals surface area contributed by atoms with Crippen LogP contribution in [0.4, 0.5) is 0 Å². The Labute approximate surface area is 111 Å². The maximum absolute atomic E-state index is 6.39. The number of nitrogens with zero attached hydrogens (tertiary/aromatic N) is 2. The summed E-state index contributed by atoms with van der Waals surface area (Å²) in [5.74, 6) is 0.754. The van der Waals surface area contributed by atoms with Crippen LogP contribution in [0.5, 0.6) is 5.75 Å². The van der Waals surface area contributed by atoms with Crippen LogP contribution in [0.25, 0.3) is 0 Å². The summed E-state index contributed by atoms with van der Waals surface area (Å²) in [6, 6.07) is 2.16. The van der Waals surface area contributed by atoms with Gasteiger partial charge in [0.2, 0.25) is 0 Å². The molecule has 2 heterocycles. The summed E-state index contributed by atoms with van der Waals surface area (Å²) in [4.78, 5) is 1.16. The van der Waals surface area contributed by atoms with Crippen LogP contribution in [0.3, 0.4) is 0 Å². The third-order valence-corrected chi connectivity index (χ3v) is 4.09. The van der Waals surface area contributed by atoms with Crippen LogP contribution in [0.1, 0.15) is 42.1 Å². The molecule has 0 saturated heterocycles. The van der Waals surface area contributed by atoms with Crippen molar-refractivity contribution in [2.45, 2.75) is 32.9 Å². The highest BCUT2D eigenvalue weighted by molar-refractivity contribution is 7.10. The molecule has 0 fully saturated rings. The second-order valence-electron chi connectivity index (χ2n) is 4.58. The fourth-order valence-corrected chi connectivity index (χ4v) is 2.98. The van der Waals surface area contributed by atoms with Crippen molar-refractivity contribution < 1.29 is 4.74 Å². The minimum atomic E-state index is -0.190. The first-order valence-corrected chi connectivity index (χ1v) is 6.85. The van der Waals surface area contributed by atoms with Crippen molar-refractivity contribution in [3.05, 3.63) is 33.8 Å². The van der Waals surface area contributed by atoms with Crippen LogP contribution >= 0.6 is 11.3 Å². The zero-order valence-corrected chi connectivity index (χ0v) is 12.0. The van der Waals surface area contributed by atoms with E-state index in [2.05, 4.69) is 37.3 Å². The number of rotatable bonds is 4. The van der Waals surface area contributed by atoms with Gasteiger partial charge in [-0.2, -0.15) is 5.10 Å². The van der Waals surface area contributed by atoms with E-state index in [0.717, 1.165) is 16.3 Å². The molecule has 2 aromatic heterocycles. The van der Waals surface area contributed by atoms with Crippen LogP contribution in [-0.2, 0) is 0 Å². The van der Waals surface area contributed by atoms with Crippen LogP contribution in [0, 0.1) is 6.92 Å². The van der Waals surface area contributed by atoms with E-state index in [9.17, 15) is 0 Å². The van der Waals surface area contributed by atoms with Gasteiger partial charge in [0.1, 0.15) is 5.69 Å². The molecule has 0 radical (unpaired) electrons. The lowest BCUT2D eigenvalue weighted by molar-refractivity contribution is 0.401. The number of hydrogen-bond acceptors (Lipinski definition) is 4. The molecule has 1 unspecified atom stereocenters.